The van der Waals surface area contributed by atoms with Crippen molar-refractivity contribution in [3.05, 3.63) is 21.9 Å². The van der Waals surface area contributed by atoms with Crippen molar-refractivity contribution < 1.29 is 14.7 Å². The molecular formula is C8H8O3S. The van der Waals surface area contributed by atoms with Gasteiger partial charge in [-0.1, -0.05) is 0 Å². The Hall–Kier alpha value is -1.16. The summed E-state index contributed by atoms with van der Waals surface area (Å²) in [6.45, 7) is 1.44. The van der Waals surface area contributed by atoms with Crippen molar-refractivity contribution in [1.82, 2.24) is 0 Å². The predicted molar refractivity (Wildman–Crippen MR) is 45.7 cm³/mol. The van der Waals surface area contributed by atoms with Crippen molar-refractivity contribution in [3.63, 3.8) is 0 Å². The summed E-state index contributed by atoms with van der Waals surface area (Å²) >= 11 is 1.29. The van der Waals surface area contributed by atoms with E-state index in [0.29, 0.717) is 10.4 Å². The number of ketones is 1. The molecule has 0 atom stereocenters. The zero-order valence-electron chi connectivity index (χ0n) is 6.53. The van der Waals surface area contributed by atoms with Crippen molar-refractivity contribution in [3.8, 4) is 0 Å². The Labute approximate surface area is 73.6 Å². The van der Waals surface area contributed by atoms with Gasteiger partial charge in [-0.15, -0.1) is 11.3 Å². The maximum atomic E-state index is 10.9. The minimum atomic E-state index is -0.907. The third-order valence-electron chi connectivity index (χ3n) is 1.41. The molecule has 0 bridgehead atoms. The van der Waals surface area contributed by atoms with Gasteiger partial charge in [-0.25, -0.2) is 0 Å². The summed E-state index contributed by atoms with van der Waals surface area (Å²) in [5.41, 5.74) is 0.611. The summed E-state index contributed by atoms with van der Waals surface area (Å²) in [4.78, 5) is 21.8. The molecule has 0 radical (unpaired) electrons. The molecule has 1 aromatic rings. The number of hydrogen-bond acceptors (Lipinski definition) is 3. The number of Topliss-reactive ketones (excluding diaryl/α,β-unsaturated/α-hetero) is 1. The lowest BCUT2D eigenvalue weighted by Gasteiger charge is -1.94. The smallest absolute Gasteiger partial charge is 0.307 e. The van der Waals surface area contributed by atoms with Crippen LogP contribution in [0.5, 0.6) is 0 Å². The van der Waals surface area contributed by atoms with Gasteiger partial charge in [0.25, 0.3) is 0 Å². The standard InChI is InChI=1S/C8H8O3S/c1-5(9)8-6(2-3-12-8)4-7(10)11/h2-3H,4H2,1H3,(H,10,11). The van der Waals surface area contributed by atoms with Crippen molar-refractivity contribution in [1.29, 1.82) is 0 Å². The van der Waals surface area contributed by atoms with Crippen LogP contribution in [0.1, 0.15) is 22.2 Å². The molecule has 64 valence electrons. The minimum absolute atomic E-state index is 0.0683. The van der Waals surface area contributed by atoms with Gasteiger partial charge in [0.2, 0.25) is 0 Å². The number of hydrogen-bond donors (Lipinski definition) is 1. The molecule has 0 spiro atoms. The first-order chi connectivity index (χ1) is 5.61. The molecule has 0 amide bonds. The van der Waals surface area contributed by atoms with Gasteiger partial charge in [-0.05, 0) is 23.9 Å². The van der Waals surface area contributed by atoms with Crippen LogP contribution >= 0.6 is 11.3 Å². The van der Waals surface area contributed by atoms with Crippen molar-refractivity contribution >= 4 is 23.1 Å². The first kappa shape index (κ1) is 8.93. The van der Waals surface area contributed by atoms with Crippen LogP contribution in [0.3, 0.4) is 0 Å². The number of rotatable bonds is 3. The average Bonchev–Trinajstić information content (AvgIpc) is 2.33. The van der Waals surface area contributed by atoms with E-state index in [2.05, 4.69) is 0 Å². The fourth-order valence-corrected chi connectivity index (χ4v) is 1.77. The summed E-state index contributed by atoms with van der Waals surface area (Å²) in [5, 5.41) is 10.2. The van der Waals surface area contributed by atoms with Crippen LogP contribution in [0, 0.1) is 0 Å². The summed E-state index contributed by atoms with van der Waals surface area (Å²) < 4.78 is 0. The van der Waals surface area contributed by atoms with Gasteiger partial charge in [0.05, 0.1) is 11.3 Å². The molecule has 0 saturated carbocycles. The first-order valence-electron chi connectivity index (χ1n) is 3.40. The highest BCUT2D eigenvalue weighted by Gasteiger charge is 2.10. The minimum Gasteiger partial charge on any atom is -0.481 e. The molecule has 0 aliphatic carbocycles. The molecule has 0 aromatic carbocycles. The summed E-state index contributed by atoms with van der Waals surface area (Å²) in [6, 6.07) is 1.68. The number of thiophene rings is 1. The van der Waals surface area contributed by atoms with Gasteiger partial charge in [0, 0.05) is 0 Å². The molecule has 1 N–H and O–H groups in total. The monoisotopic (exact) mass is 184 g/mol. The summed E-state index contributed by atoms with van der Waals surface area (Å²) in [6.07, 6.45) is -0.0710. The first-order valence-corrected chi connectivity index (χ1v) is 4.28. The van der Waals surface area contributed by atoms with Crippen molar-refractivity contribution in [2.45, 2.75) is 13.3 Å². The van der Waals surface area contributed by atoms with E-state index in [1.54, 1.807) is 11.4 Å². The second kappa shape index (κ2) is 3.49. The number of carbonyl (C=O) groups excluding carboxylic acids is 1. The average molecular weight is 184 g/mol. The van der Waals surface area contributed by atoms with Crippen LogP contribution in [0.4, 0.5) is 0 Å². The van der Waals surface area contributed by atoms with Gasteiger partial charge in [0.15, 0.2) is 5.78 Å². The highest BCUT2D eigenvalue weighted by molar-refractivity contribution is 7.12. The molecule has 4 heteroatoms. The van der Waals surface area contributed by atoms with Gasteiger partial charge < -0.3 is 5.11 Å². The van der Waals surface area contributed by atoms with Gasteiger partial charge in [-0.2, -0.15) is 0 Å². The Kier molecular flexibility index (Phi) is 2.60. The molecule has 0 unspecified atom stereocenters. The van der Waals surface area contributed by atoms with Gasteiger partial charge >= 0.3 is 5.97 Å². The highest BCUT2D eigenvalue weighted by Crippen LogP contribution is 2.17. The third-order valence-corrected chi connectivity index (χ3v) is 2.47. The van der Waals surface area contributed by atoms with E-state index in [0.717, 1.165) is 0 Å². The molecule has 12 heavy (non-hydrogen) atoms. The SMILES string of the molecule is CC(=O)c1sccc1CC(=O)O. The van der Waals surface area contributed by atoms with E-state index in [1.807, 2.05) is 0 Å². The van der Waals surface area contributed by atoms with E-state index in [4.69, 9.17) is 5.11 Å². The second-order valence-corrected chi connectivity index (χ2v) is 3.32. The lowest BCUT2D eigenvalue weighted by atomic mass is 10.1. The van der Waals surface area contributed by atoms with Crippen LogP contribution in [0.2, 0.25) is 0 Å². The quantitative estimate of drug-likeness (QED) is 0.725. The number of carboxylic acid groups (broad SMARTS) is 1. The Morgan fingerprint density at radius 3 is 2.75 bits per heavy atom. The van der Waals surface area contributed by atoms with E-state index in [9.17, 15) is 9.59 Å². The zero-order chi connectivity index (χ0) is 9.14. The van der Waals surface area contributed by atoms with Crippen LogP contribution in [-0.2, 0) is 11.2 Å². The van der Waals surface area contributed by atoms with Gasteiger partial charge in [-0.3, -0.25) is 9.59 Å². The molecule has 1 rings (SSSR count). The van der Waals surface area contributed by atoms with Crippen molar-refractivity contribution in [2.24, 2.45) is 0 Å². The summed E-state index contributed by atoms with van der Waals surface area (Å²) in [5.74, 6) is -0.975. The highest BCUT2D eigenvalue weighted by atomic mass is 32.1. The molecule has 1 heterocycles. The maximum Gasteiger partial charge on any atom is 0.307 e. The molecule has 0 aliphatic rings. The number of aliphatic carboxylic acids is 1. The molecule has 0 saturated heterocycles. The van der Waals surface area contributed by atoms with E-state index in [-0.39, 0.29) is 12.2 Å². The van der Waals surface area contributed by atoms with E-state index >= 15 is 0 Å². The Morgan fingerprint density at radius 1 is 1.58 bits per heavy atom. The maximum absolute atomic E-state index is 10.9. The topological polar surface area (TPSA) is 54.4 Å². The van der Waals surface area contributed by atoms with E-state index in [1.165, 1.54) is 18.3 Å². The van der Waals surface area contributed by atoms with E-state index < -0.39 is 5.97 Å². The molecule has 0 fully saturated rings. The second-order valence-electron chi connectivity index (χ2n) is 2.40. The van der Waals surface area contributed by atoms with Gasteiger partial charge in [0.1, 0.15) is 0 Å². The fourth-order valence-electron chi connectivity index (χ4n) is 0.947. The third kappa shape index (κ3) is 1.92. The number of carbonyl (C=O) groups is 2. The molecular weight excluding hydrogens is 176 g/mol. The van der Waals surface area contributed by atoms with Crippen LogP contribution in [-0.4, -0.2) is 16.9 Å². The van der Waals surface area contributed by atoms with Crippen LogP contribution in [0.25, 0.3) is 0 Å². The number of carboxylic acids is 1. The lowest BCUT2D eigenvalue weighted by molar-refractivity contribution is -0.136. The largest absolute Gasteiger partial charge is 0.481 e. The lowest BCUT2D eigenvalue weighted by Crippen LogP contribution is -2.02. The van der Waals surface area contributed by atoms with Crippen molar-refractivity contribution in [2.75, 3.05) is 0 Å². The molecule has 0 aliphatic heterocycles. The molecule has 3 nitrogen and oxygen atoms in total. The van der Waals surface area contributed by atoms with Crippen LogP contribution in [0.15, 0.2) is 11.4 Å². The Morgan fingerprint density at radius 2 is 2.25 bits per heavy atom. The normalized spacial score (nSPS) is 9.75. The summed E-state index contributed by atoms with van der Waals surface area (Å²) in [7, 11) is 0. The fraction of sp³-hybridized carbons (Fsp3) is 0.250. The molecule has 1 aromatic heterocycles. The Bertz CT molecular complexity index is 314. The van der Waals surface area contributed by atoms with Crippen LogP contribution < -0.4 is 0 Å². The Balaban J connectivity index is 2.91. The predicted octanol–water partition coefficient (Wildman–Crippen LogP) is 1.58. The zero-order valence-corrected chi connectivity index (χ0v) is 7.35.